The van der Waals surface area contributed by atoms with Gasteiger partial charge in [-0.3, -0.25) is 4.79 Å². The van der Waals surface area contributed by atoms with Crippen LogP contribution in [0.5, 0.6) is 0 Å². The summed E-state index contributed by atoms with van der Waals surface area (Å²) in [5, 5.41) is -1.20. The molecule has 2 atom stereocenters. The topological polar surface area (TPSA) is 60.4 Å². The molecule has 0 aromatic heterocycles. The Morgan fingerprint density at radius 2 is 1.81 bits per heavy atom. The van der Waals surface area contributed by atoms with Crippen molar-refractivity contribution in [3.8, 4) is 0 Å². The lowest BCUT2D eigenvalue weighted by Crippen LogP contribution is -2.31. The summed E-state index contributed by atoms with van der Waals surface area (Å²) in [5.74, 6) is -1.73. The van der Waals surface area contributed by atoms with E-state index >= 15 is 0 Å². The monoisotopic (exact) mass is 324 g/mol. The first kappa shape index (κ1) is 17.5. The second-order valence-corrected chi connectivity index (χ2v) is 6.89. The molecule has 0 saturated heterocycles. The number of ether oxygens (including phenoxy) is 1. The lowest BCUT2D eigenvalue weighted by molar-refractivity contribution is -0.144. The Bertz CT molecular complexity index is 623. The van der Waals surface area contributed by atoms with Crippen LogP contribution < -0.4 is 0 Å². The van der Waals surface area contributed by atoms with Gasteiger partial charge < -0.3 is 4.74 Å². The van der Waals surface area contributed by atoms with Crippen molar-refractivity contribution < 1.29 is 31.1 Å². The SMILES string of the molecule is COC(=O)C(C)C(C)S(=O)(=O)c1cccc(C(F)(F)F)c1. The Morgan fingerprint density at radius 1 is 1.24 bits per heavy atom. The molecular formula is C13H15F3O4S. The molecule has 1 aromatic carbocycles. The molecule has 21 heavy (non-hydrogen) atoms. The van der Waals surface area contributed by atoms with Crippen molar-refractivity contribution in [2.24, 2.45) is 5.92 Å². The van der Waals surface area contributed by atoms with Crippen LogP contribution in [0.4, 0.5) is 13.2 Å². The zero-order valence-electron chi connectivity index (χ0n) is 11.6. The predicted molar refractivity (Wildman–Crippen MR) is 69.3 cm³/mol. The number of hydrogen-bond acceptors (Lipinski definition) is 4. The average molecular weight is 324 g/mol. The zero-order chi connectivity index (χ0) is 16.4. The van der Waals surface area contributed by atoms with Crippen LogP contribution in [0.3, 0.4) is 0 Å². The van der Waals surface area contributed by atoms with Crippen LogP contribution >= 0.6 is 0 Å². The van der Waals surface area contributed by atoms with E-state index in [-0.39, 0.29) is 0 Å². The molecule has 0 heterocycles. The Morgan fingerprint density at radius 3 is 2.29 bits per heavy atom. The number of carbonyl (C=O) groups excluding carboxylic acids is 1. The highest BCUT2D eigenvalue weighted by molar-refractivity contribution is 7.92. The van der Waals surface area contributed by atoms with Gasteiger partial charge in [0.2, 0.25) is 0 Å². The predicted octanol–water partition coefficient (Wildman–Crippen LogP) is 2.68. The Balaban J connectivity index is 3.23. The van der Waals surface area contributed by atoms with Gasteiger partial charge in [0.1, 0.15) is 0 Å². The van der Waals surface area contributed by atoms with Crippen molar-refractivity contribution in [2.45, 2.75) is 30.2 Å². The minimum Gasteiger partial charge on any atom is -0.469 e. The summed E-state index contributed by atoms with van der Waals surface area (Å²) in [7, 11) is -2.96. The van der Waals surface area contributed by atoms with Gasteiger partial charge in [-0.05, 0) is 25.1 Å². The summed E-state index contributed by atoms with van der Waals surface area (Å²) < 4.78 is 66.9. The van der Waals surface area contributed by atoms with E-state index in [4.69, 9.17) is 0 Å². The normalized spacial score (nSPS) is 15.3. The minimum absolute atomic E-state index is 0.472. The number of benzene rings is 1. The fourth-order valence-electron chi connectivity index (χ4n) is 1.71. The second-order valence-electron chi connectivity index (χ2n) is 4.59. The largest absolute Gasteiger partial charge is 0.469 e. The van der Waals surface area contributed by atoms with Gasteiger partial charge in [0.15, 0.2) is 9.84 Å². The molecule has 0 aliphatic rings. The summed E-state index contributed by atoms with van der Waals surface area (Å²) in [6, 6.07) is 3.44. The van der Waals surface area contributed by atoms with E-state index in [1.165, 1.54) is 13.8 Å². The number of rotatable bonds is 4. The van der Waals surface area contributed by atoms with Gasteiger partial charge in [0.25, 0.3) is 0 Å². The van der Waals surface area contributed by atoms with E-state index < -0.39 is 43.6 Å². The summed E-state index contributed by atoms with van der Waals surface area (Å²) in [4.78, 5) is 10.9. The smallest absolute Gasteiger partial charge is 0.416 e. The molecule has 0 aliphatic carbocycles. The molecule has 0 bridgehead atoms. The Labute approximate surface area is 120 Å². The van der Waals surface area contributed by atoms with Crippen LogP contribution in [0, 0.1) is 5.92 Å². The number of carbonyl (C=O) groups is 1. The van der Waals surface area contributed by atoms with Gasteiger partial charge in [0.05, 0.1) is 28.7 Å². The summed E-state index contributed by atoms with van der Waals surface area (Å²) >= 11 is 0. The van der Waals surface area contributed by atoms with Crippen molar-refractivity contribution in [1.29, 1.82) is 0 Å². The van der Waals surface area contributed by atoms with Gasteiger partial charge in [-0.2, -0.15) is 13.2 Å². The molecule has 118 valence electrons. The number of halogens is 3. The summed E-state index contributed by atoms with van der Waals surface area (Å²) in [6.45, 7) is 2.61. The number of methoxy groups -OCH3 is 1. The highest BCUT2D eigenvalue weighted by Crippen LogP contribution is 2.32. The van der Waals surface area contributed by atoms with Crippen molar-refractivity contribution in [2.75, 3.05) is 7.11 Å². The summed E-state index contributed by atoms with van der Waals surface area (Å²) in [6.07, 6.45) is -4.64. The molecule has 0 amide bonds. The van der Waals surface area contributed by atoms with E-state index in [1.807, 2.05) is 0 Å². The minimum atomic E-state index is -4.64. The zero-order valence-corrected chi connectivity index (χ0v) is 12.5. The Kier molecular flexibility index (Phi) is 5.03. The number of alkyl halides is 3. The van der Waals surface area contributed by atoms with Crippen molar-refractivity contribution >= 4 is 15.8 Å². The third-order valence-electron chi connectivity index (χ3n) is 3.26. The van der Waals surface area contributed by atoms with E-state index in [2.05, 4.69) is 4.74 Å². The van der Waals surface area contributed by atoms with Crippen LogP contribution in [0.2, 0.25) is 0 Å². The molecule has 8 heteroatoms. The molecule has 1 rings (SSSR count). The first-order chi connectivity index (χ1) is 9.51. The first-order valence-electron chi connectivity index (χ1n) is 6.00. The highest BCUT2D eigenvalue weighted by atomic mass is 32.2. The first-order valence-corrected chi connectivity index (χ1v) is 7.55. The molecule has 0 aliphatic heterocycles. The van der Waals surface area contributed by atoms with Crippen molar-refractivity contribution in [1.82, 2.24) is 0 Å². The molecule has 1 aromatic rings. The van der Waals surface area contributed by atoms with E-state index in [1.54, 1.807) is 0 Å². The summed E-state index contributed by atoms with van der Waals surface area (Å²) in [5.41, 5.74) is -1.05. The Hall–Kier alpha value is -1.57. The van der Waals surface area contributed by atoms with E-state index in [0.717, 1.165) is 25.3 Å². The van der Waals surface area contributed by atoms with Crippen LogP contribution in [0.25, 0.3) is 0 Å². The highest BCUT2D eigenvalue weighted by Gasteiger charge is 2.35. The van der Waals surface area contributed by atoms with Gasteiger partial charge in [0, 0.05) is 0 Å². The average Bonchev–Trinajstić information content (AvgIpc) is 2.44. The molecule has 0 spiro atoms. The third-order valence-corrected chi connectivity index (χ3v) is 5.55. The molecule has 0 fully saturated rings. The molecule has 0 saturated carbocycles. The van der Waals surface area contributed by atoms with Gasteiger partial charge in [-0.15, -0.1) is 0 Å². The number of esters is 1. The van der Waals surface area contributed by atoms with Gasteiger partial charge in [-0.1, -0.05) is 13.0 Å². The van der Waals surface area contributed by atoms with Crippen molar-refractivity contribution in [3.05, 3.63) is 29.8 Å². The quantitative estimate of drug-likeness (QED) is 0.799. The standard InChI is InChI=1S/C13H15F3O4S/c1-8(12(17)20-3)9(2)21(18,19)11-6-4-5-10(7-11)13(14,15)16/h4-9H,1-3H3. The van der Waals surface area contributed by atoms with Gasteiger partial charge in [-0.25, -0.2) is 8.42 Å². The van der Waals surface area contributed by atoms with E-state index in [0.29, 0.717) is 6.07 Å². The van der Waals surface area contributed by atoms with Crippen LogP contribution in [-0.2, 0) is 25.5 Å². The fourth-order valence-corrected chi connectivity index (χ4v) is 3.35. The lowest BCUT2D eigenvalue weighted by Gasteiger charge is -2.19. The second kappa shape index (κ2) is 6.05. The molecule has 4 nitrogen and oxygen atoms in total. The maximum Gasteiger partial charge on any atom is 0.416 e. The third kappa shape index (κ3) is 3.75. The number of sulfone groups is 1. The molecular weight excluding hydrogens is 309 g/mol. The van der Waals surface area contributed by atoms with Crippen LogP contribution in [0.1, 0.15) is 19.4 Å². The maximum atomic E-state index is 12.6. The molecule has 0 radical (unpaired) electrons. The van der Waals surface area contributed by atoms with E-state index in [9.17, 15) is 26.4 Å². The molecule has 0 N–H and O–H groups in total. The number of hydrogen-bond donors (Lipinski definition) is 0. The lowest BCUT2D eigenvalue weighted by atomic mass is 10.1. The van der Waals surface area contributed by atoms with Crippen molar-refractivity contribution in [3.63, 3.8) is 0 Å². The van der Waals surface area contributed by atoms with Crippen LogP contribution in [0.15, 0.2) is 29.2 Å². The fraction of sp³-hybridized carbons (Fsp3) is 0.462. The van der Waals surface area contributed by atoms with Gasteiger partial charge >= 0.3 is 12.1 Å². The molecule has 2 unspecified atom stereocenters. The maximum absolute atomic E-state index is 12.6. The van der Waals surface area contributed by atoms with Crippen LogP contribution in [-0.4, -0.2) is 26.7 Å².